The minimum absolute atomic E-state index is 0.00681. The fourth-order valence-corrected chi connectivity index (χ4v) is 3.88. The van der Waals surface area contributed by atoms with Gasteiger partial charge in [-0.15, -0.1) is 0 Å². The van der Waals surface area contributed by atoms with Crippen LogP contribution in [-0.4, -0.2) is 18.3 Å². The average Bonchev–Trinajstić information content (AvgIpc) is 2.76. The molecule has 0 radical (unpaired) electrons. The van der Waals surface area contributed by atoms with Crippen molar-refractivity contribution in [1.82, 2.24) is 0 Å². The van der Waals surface area contributed by atoms with Crippen molar-refractivity contribution in [3.05, 3.63) is 65.7 Å². The Bertz CT molecular complexity index is 710. The topological polar surface area (TPSA) is 15.6 Å². The predicted octanol–water partition coefficient (Wildman–Crippen LogP) is 4.64. The Morgan fingerprint density at radius 3 is 2.09 bits per heavy atom. The highest BCUT2D eigenvalue weighted by Gasteiger charge is 2.50. The van der Waals surface area contributed by atoms with Crippen molar-refractivity contribution in [2.24, 2.45) is 4.99 Å². The molecule has 0 saturated carbocycles. The van der Waals surface area contributed by atoms with Gasteiger partial charge in [-0.05, 0) is 39.3 Å². The number of aliphatic imine (C=N–C) groups is 1. The molecule has 2 heteroatoms. The lowest BCUT2D eigenvalue weighted by Gasteiger charge is -2.46. The SMILES string of the molecule is C/N=C1/c2ccccc2N(C(C)(C)C)C1(C)c1ccccc1. The summed E-state index contributed by atoms with van der Waals surface area (Å²) < 4.78 is 0. The van der Waals surface area contributed by atoms with Gasteiger partial charge in [0.25, 0.3) is 0 Å². The zero-order valence-corrected chi connectivity index (χ0v) is 14.1. The molecule has 0 aromatic heterocycles. The zero-order chi connectivity index (χ0) is 16.0. The van der Waals surface area contributed by atoms with E-state index < -0.39 is 0 Å². The number of hydrogen-bond acceptors (Lipinski definition) is 2. The van der Waals surface area contributed by atoms with Crippen LogP contribution in [0.2, 0.25) is 0 Å². The third-order valence-electron chi connectivity index (χ3n) is 4.54. The fraction of sp³-hybridized carbons (Fsp3) is 0.350. The predicted molar refractivity (Wildman–Crippen MR) is 94.9 cm³/mol. The van der Waals surface area contributed by atoms with E-state index in [0.29, 0.717) is 0 Å². The van der Waals surface area contributed by atoms with E-state index in [2.05, 4.69) is 87.2 Å². The first-order valence-electron chi connectivity index (χ1n) is 7.83. The summed E-state index contributed by atoms with van der Waals surface area (Å²) in [4.78, 5) is 7.20. The molecule has 114 valence electrons. The Morgan fingerprint density at radius 2 is 1.50 bits per heavy atom. The van der Waals surface area contributed by atoms with E-state index in [4.69, 9.17) is 4.99 Å². The van der Waals surface area contributed by atoms with Gasteiger partial charge in [-0.1, -0.05) is 48.5 Å². The van der Waals surface area contributed by atoms with Crippen molar-refractivity contribution in [3.8, 4) is 0 Å². The number of rotatable bonds is 1. The van der Waals surface area contributed by atoms with Gasteiger partial charge >= 0.3 is 0 Å². The summed E-state index contributed by atoms with van der Waals surface area (Å²) in [6.45, 7) is 9.09. The second-order valence-corrected chi connectivity index (χ2v) is 7.03. The van der Waals surface area contributed by atoms with Crippen LogP contribution >= 0.6 is 0 Å². The van der Waals surface area contributed by atoms with Gasteiger partial charge in [-0.2, -0.15) is 0 Å². The van der Waals surface area contributed by atoms with E-state index in [-0.39, 0.29) is 11.1 Å². The van der Waals surface area contributed by atoms with Crippen molar-refractivity contribution in [1.29, 1.82) is 0 Å². The minimum Gasteiger partial charge on any atom is -0.351 e. The summed E-state index contributed by atoms with van der Waals surface area (Å²) in [5.74, 6) is 0. The Morgan fingerprint density at radius 1 is 0.909 bits per heavy atom. The van der Waals surface area contributed by atoms with Crippen LogP contribution in [0.15, 0.2) is 59.6 Å². The van der Waals surface area contributed by atoms with Gasteiger partial charge in [0.15, 0.2) is 0 Å². The minimum atomic E-state index is -0.252. The molecular weight excluding hydrogens is 268 g/mol. The summed E-state index contributed by atoms with van der Waals surface area (Å²) in [5.41, 5.74) is 4.67. The smallest absolute Gasteiger partial charge is 0.105 e. The molecule has 2 nitrogen and oxygen atoms in total. The van der Waals surface area contributed by atoms with E-state index >= 15 is 0 Å². The van der Waals surface area contributed by atoms with E-state index in [9.17, 15) is 0 Å². The van der Waals surface area contributed by atoms with Crippen LogP contribution in [0.5, 0.6) is 0 Å². The quantitative estimate of drug-likeness (QED) is 0.747. The van der Waals surface area contributed by atoms with Gasteiger partial charge < -0.3 is 4.90 Å². The summed E-state index contributed by atoms with van der Waals surface area (Å²) in [6.07, 6.45) is 0. The van der Waals surface area contributed by atoms with Gasteiger partial charge in [0.2, 0.25) is 0 Å². The van der Waals surface area contributed by atoms with Crippen LogP contribution in [0.3, 0.4) is 0 Å². The molecule has 0 bridgehead atoms. The highest BCUT2D eigenvalue weighted by Crippen LogP contribution is 2.48. The molecule has 0 aliphatic carbocycles. The van der Waals surface area contributed by atoms with Crippen LogP contribution in [-0.2, 0) is 5.54 Å². The van der Waals surface area contributed by atoms with Crippen molar-refractivity contribution >= 4 is 11.4 Å². The van der Waals surface area contributed by atoms with E-state index in [1.165, 1.54) is 16.8 Å². The van der Waals surface area contributed by atoms with Crippen LogP contribution in [0.4, 0.5) is 5.69 Å². The Labute approximate surface area is 133 Å². The van der Waals surface area contributed by atoms with Gasteiger partial charge in [0.05, 0.1) is 5.71 Å². The molecule has 1 heterocycles. The molecule has 0 N–H and O–H groups in total. The molecule has 0 amide bonds. The molecule has 0 saturated heterocycles. The maximum Gasteiger partial charge on any atom is 0.105 e. The summed E-state index contributed by atoms with van der Waals surface area (Å²) >= 11 is 0. The highest BCUT2D eigenvalue weighted by molar-refractivity contribution is 6.17. The Kier molecular flexibility index (Phi) is 3.36. The third kappa shape index (κ3) is 1.98. The lowest BCUT2D eigenvalue weighted by molar-refractivity contribution is 0.423. The number of nitrogens with zero attached hydrogens (tertiary/aromatic N) is 2. The number of anilines is 1. The standard InChI is InChI=1S/C20H24N2/c1-19(2,3)22-17-14-10-9-13-16(17)18(21-5)20(22,4)15-11-7-6-8-12-15/h6-14H,1-5H3/b21-18-. The van der Waals surface area contributed by atoms with Crippen molar-refractivity contribution in [2.45, 2.75) is 38.8 Å². The van der Waals surface area contributed by atoms with Crippen molar-refractivity contribution in [2.75, 3.05) is 11.9 Å². The van der Waals surface area contributed by atoms with E-state index in [0.717, 1.165) is 5.71 Å². The zero-order valence-electron chi connectivity index (χ0n) is 14.1. The lowest BCUT2D eigenvalue weighted by atomic mass is 9.83. The number of benzene rings is 2. The first-order valence-corrected chi connectivity index (χ1v) is 7.83. The molecule has 0 fully saturated rings. The van der Waals surface area contributed by atoms with Gasteiger partial charge in [-0.25, -0.2) is 0 Å². The lowest BCUT2D eigenvalue weighted by Crippen LogP contribution is -2.54. The highest BCUT2D eigenvalue weighted by atomic mass is 15.3. The van der Waals surface area contributed by atoms with Crippen LogP contribution < -0.4 is 4.90 Å². The molecule has 1 aliphatic heterocycles. The molecule has 1 unspecified atom stereocenters. The van der Waals surface area contributed by atoms with Gasteiger partial charge in [-0.3, -0.25) is 4.99 Å². The summed E-state index contributed by atoms with van der Waals surface area (Å²) in [7, 11) is 1.90. The molecule has 2 aromatic rings. The first kappa shape index (κ1) is 14.8. The molecular formula is C20H24N2. The van der Waals surface area contributed by atoms with E-state index in [1.807, 2.05) is 7.05 Å². The Balaban J connectivity index is 2.33. The third-order valence-corrected chi connectivity index (χ3v) is 4.54. The monoisotopic (exact) mass is 292 g/mol. The fourth-order valence-electron chi connectivity index (χ4n) is 3.88. The first-order chi connectivity index (χ1) is 10.4. The molecule has 1 atom stereocenters. The largest absolute Gasteiger partial charge is 0.351 e. The van der Waals surface area contributed by atoms with Crippen molar-refractivity contribution < 1.29 is 0 Å². The van der Waals surface area contributed by atoms with E-state index in [1.54, 1.807) is 0 Å². The molecule has 3 rings (SSSR count). The summed E-state index contributed by atoms with van der Waals surface area (Å²) in [5, 5.41) is 0. The second-order valence-electron chi connectivity index (χ2n) is 7.03. The maximum atomic E-state index is 4.70. The average molecular weight is 292 g/mol. The maximum absolute atomic E-state index is 4.70. The summed E-state index contributed by atoms with van der Waals surface area (Å²) in [6, 6.07) is 19.3. The van der Waals surface area contributed by atoms with Gasteiger partial charge in [0.1, 0.15) is 5.54 Å². The normalized spacial score (nSPS) is 23.0. The van der Waals surface area contributed by atoms with Crippen LogP contribution in [0.1, 0.15) is 38.8 Å². The molecule has 1 aliphatic rings. The van der Waals surface area contributed by atoms with Crippen LogP contribution in [0.25, 0.3) is 0 Å². The second kappa shape index (κ2) is 4.98. The molecule has 0 spiro atoms. The number of para-hydroxylation sites is 1. The van der Waals surface area contributed by atoms with Crippen molar-refractivity contribution in [3.63, 3.8) is 0 Å². The van der Waals surface area contributed by atoms with Crippen LogP contribution in [0, 0.1) is 0 Å². The molecule has 22 heavy (non-hydrogen) atoms. The number of hydrogen-bond donors (Lipinski definition) is 0. The Hall–Kier alpha value is -2.09. The molecule has 2 aromatic carbocycles. The number of fused-ring (bicyclic) bond motifs is 1. The van der Waals surface area contributed by atoms with Gasteiger partial charge in [0, 0.05) is 23.8 Å².